The molecule has 0 aliphatic heterocycles. The first kappa shape index (κ1) is 12.4. The molecule has 6 heteroatoms. The molecule has 0 fully saturated rings. The number of ether oxygens (including phenoxy) is 1. The monoisotopic (exact) mass is 319 g/mol. The largest absolute Gasteiger partial charge is 0.428 e. The smallest absolute Gasteiger partial charge is 0.279 e. The highest BCUT2D eigenvalue weighted by atomic mass is 79.9. The SMILES string of the molecule is Cc1nc(Oc2cc(Br)cc(F)c2F)sc1C. The zero-order valence-electron chi connectivity index (χ0n) is 9.05. The summed E-state index contributed by atoms with van der Waals surface area (Å²) in [5, 5.41) is 0.302. The van der Waals surface area contributed by atoms with Gasteiger partial charge in [0.15, 0.2) is 11.6 Å². The van der Waals surface area contributed by atoms with E-state index in [1.807, 2.05) is 13.8 Å². The second-order valence-corrected chi connectivity index (χ2v) is 5.50. The highest BCUT2D eigenvalue weighted by Crippen LogP contribution is 2.32. The van der Waals surface area contributed by atoms with Gasteiger partial charge in [0.2, 0.25) is 5.82 Å². The van der Waals surface area contributed by atoms with Crippen molar-refractivity contribution in [1.82, 2.24) is 4.98 Å². The molecule has 0 radical (unpaired) electrons. The van der Waals surface area contributed by atoms with E-state index >= 15 is 0 Å². The van der Waals surface area contributed by atoms with Crippen molar-refractivity contribution >= 4 is 27.3 Å². The third-order valence-electron chi connectivity index (χ3n) is 2.17. The van der Waals surface area contributed by atoms with E-state index in [2.05, 4.69) is 20.9 Å². The summed E-state index contributed by atoms with van der Waals surface area (Å²) in [6.45, 7) is 3.72. The van der Waals surface area contributed by atoms with Crippen LogP contribution in [0.25, 0.3) is 0 Å². The summed E-state index contributed by atoms with van der Waals surface area (Å²) in [5.74, 6) is -2.15. The lowest BCUT2D eigenvalue weighted by Gasteiger charge is -2.04. The van der Waals surface area contributed by atoms with Gasteiger partial charge in [-0.15, -0.1) is 0 Å². The van der Waals surface area contributed by atoms with Crippen LogP contribution in [0, 0.1) is 25.5 Å². The van der Waals surface area contributed by atoms with Crippen LogP contribution in [0.1, 0.15) is 10.6 Å². The van der Waals surface area contributed by atoms with E-state index in [1.54, 1.807) is 0 Å². The van der Waals surface area contributed by atoms with Crippen molar-refractivity contribution < 1.29 is 13.5 Å². The van der Waals surface area contributed by atoms with E-state index in [1.165, 1.54) is 17.4 Å². The molecule has 0 aliphatic carbocycles. The maximum atomic E-state index is 13.4. The Hall–Kier alpha value is -1.01. The third kappa shape index (κ3) is 2.63. The fourth-order valence-corrected chi connectivity index (χ4v) is 2.37. The number of rotatable bonds is 2. The molecule has 2 rings (SSSR count). The summed E-state index contributed by atoms with van der Waals surface area (Å²) in [5.41, 5.74) is 0.820. The van der Waals surface area contributed by atoms with Crippen LogP contribution in [0.15, 0.2) is 16.6 Å². The second-order valence-electron chi connectivity index (χ2n) is 3.42. The fourth-order valence-electron chi connectivity index (χ4n) is 1.19. The van der Waals surface area contributed by atoms with Gasteiger partial charge >= 0.3 is 0 Å². The number of hydrogen-bond acceptors (Lipinski definition) is 3. The van der Waals surface area contributed by atoms with E-state index in [0.717, 1.165) is 16.6 Å². The van der Waals surface area contributed by atoms with Crippen molar-refractivity contribution in [2.75, 3.05) is 0 Å². The molecule has 0 bridgehead atoms. The van der Waals surface area contributed by atoms with Crippen molar-refractivity contribution in [3.05, 3.63) is 38.8 Å². The number of aryl methyl sites for hydroxylation is 2. The Balaban J connectivity index is 2.36. The molecule has 2 aromatic rings. The third-order valence-corrected chi connectivity index (χ3v) is 3.57. The maximum absolute atomic E-state index is 13.4. The molecule has 1 aromatic heterocycles. The zero-order chi connectivity index (χ0) is 12.6. The Morgan fingerprint density at radius 3 is 2.59 bits per heavy atom. The maximum Gasteiger partial charge on any atom is 0.279 e. The fraction of sp³-hybridized carbons (Fsp3) is 0.182. The molecule has 1 aromatic carbocycles. The van der Waals surface area contributed by atoms with Crippen LogP contribution in [-0.2, 0) is 0 Å². The Bertz CT molecular complexity index is 551. The van der Waals surface area contributed by atoms with Crippen molar-refractivity contribution in [1.29, 1.82) is 0 Å². The Labute approximate surface area is 109 Å². The van der Waals surface area contributed by atoms with E-state index in [-0.39, 0.29) is 5.75 Å². The Morgan fingerprint density at radius 2 is 2.00 bits per heavy atom. The molecule has 90 valence electrons. The molecule has 0 atom stereocenters. The zero-order valence-corrected chi connectivity index (χ0v) is 11.5. The molecule has 0 saturated heterocycles. The van der Waals surface area contributed by atoms with Crippen molar-refractivity contribution in [2.24, 2.45) is 0 Å². The quantitative estimate of drug-likeness (QED) is 0.755. The summed E-state index contributed by atoms with van der Waals surface area (Å²) in [7, 11) is 0. The molecule has 0 N–H and O–H groups in total. The number of hydrogen-bond donors (Lipinski definition) is 0. The predicted octanol–water partition coefficient (Wildman–Crippen LogP) is 4.59. The summed E-state index contributed by atoms with van der Waals surface area (Å²) < 4.78 is 32.2. The summed E-state index contributed by atoms with van der Waals surface area (Å²) >= 11 is 4.37. The van der Waals surface area contributed by atoms with E-state index in [9.17, 15) is 8.78 Å². The van der Waals surface area contributed by atoms with Gasteiger partial charge in [0.25, 0.3) is 5.19 Å². The Kier molecular flexibility index (Phi) is 3.44. The highest BCUT2D eigenvalue weighted by molar-refractivity contribution is 9.10. The molecule has 2 nitrogen and oxygen atoms in total. The molecular weight excluding hydrogens is 312 g/mol. The van der Waals surface area contributed by atoms with Gasteiger partial charge in [-0.05, 0) is 26.0 Å². The molecule has 0 unspecified atom stereocenters. The van der Waals surface area contributed by atoms with Gasteiger partial charge < -0.3 is 4.74 Å². The van der Waals surface area contributed by atoms with E-state index in [4.69, 9.17) is 4.74 Å². The first-order valence-corrected chi connectivity index (χ1v) is 6.34. The van der Waals surface area contributed by atoms with Crippen molar-refractivity contribution in [2.45, 2.75) is 13.8 Å². The van der Waals surface area contributed by atoms with Crippen LogP contribution in [0.3, 0.4) is 0 Å². The number of halogens is 3. The summed E-state index contributed by atoms with van der Waals surface area (Å²) in [6.07, 6.45) is 0. The van der Waals surface area contributed by atoms with E-state index < -0.39 is 11.6 Å². The van der Waals surface area contributed by atoms with Gasteiger partial charge in [-0.3, -0.25) is 0 Å². The van der Waals surface area contributed by atoms with Gasteiger partial charge in [-0.25, -0.2) is 9.37 Å². The lowest BCUT2D eigenvalue weighted by atomic mass is 10.3. The first-order valence-electron chi connectivity index (χ1n) is 4.74. The predicted molar refractivity (Wildman–Crippen MR) is 65.7 cm³/mol. The van der Waals surface area contributed by atoms with Gasteiger partial charge in [-0.2, -0.15) is 4.39 Å². The standard InChI is InChI=1S/C11H8BrF2NOS/c1-5-6(2)17-11(15-5)16-9-4-7(12)3-8(13)10(9)14/h3-4H,1-2H3. The summed E-state index contributed by atoms with van der Waals surface area (Å²) in [6, 6.07) is 2.41. The first-order chi connectivity index (χ1) is 7.97. The van der Waals surface area contributed by atoms with Crippen molar-refractivity contribution in [3.8, 4) is 10.9 Å². The molecule has 1 heterocycles. The number of nitrogens with zero attached hydrogens (tertiary/aromatic N) is 1. The van der Waals surface area contributed by atoms with Crippen LogP contribution < -0.4 is 4.74 Å². The molecule has 0 spiro atoms. The number of thiazole rings is 1. The van der Waals surface area contributed by atoms with Gasteiger partial charge in [-0.1, -0.05) is 27.3 Å². The lowest BCUT2D eigenvalue weighted by Crippen LogP contribution is -1.92. The van der Waals surface area contributed by atoms with E-state index in [0.29, 0.717) is 9.67 Å². The second kappa shape index (κ2) is 4.70. The Morgan fingerprint density at radius 1 is 1.29 bits per heavy atom. The summed E-state index contributed by atoms with van der Waals surface area (Å²) in [4.78, 5) is 5.08. The molecule has 0 aliphatic rings. The minimum atomic E-state index is -1.02. The van der Waals surface area contributed by atoms with Crippen LogP contribution in [0.2, 0.25) is 0 Å². The normalized spacial score (nSPS) is 10.6. The molecule has 17 heavy (non-hydrogen) atoms. The van der Waals surface area contributed by atoms with Crippen molar-refractivity contribution in [3.63, 3.8) is 0 Å². The highest BCUT2D eigenvalue weighted by Gasteiger charge is 2.14. The average Bonchev–Trinajstić information content (AvgIpc) is 2.54. The molecule has 0 saturated carbocycles. The topological polar surface area (TPSA) is 22.1 Å². The minimum Gasteiger partial charge on any atom is -0.428 e. The minimum absolute atomic E-state index is 0.175. The van der Waals surface area contributed by atoms with Gasteiger partial charge in [0.1, 0.15) is 0 Å². The number of aromatic nitrogens is 1. The van der Waals surface area contributed by atoms with Crippen LogP contribution in [0.4, 0.5) is 8.78 Å². The molecule has 0 amide bonds. The van der Waals surface area contributed by atoms with Crippen LogP contribution >= 0.6 is 27.3 Å². The van der Waals surface area contributed by atoms with Gasteiger partial charge in [0.05, 0.1) is 5.69 Å². The average molecular weight is 320 g/mol. The molecular formula is C11H8BrF2NOS. The lowest BCUT2D eigenvalue weighted by molar-refractivity contribution is 0.413. The van der Waals surface area contributed by atoms with Gasteiger partial charge in [0, 0.05) is 9.35 Å². The van der Waals surface area contributed by atoms with Crippen LogP contribution in [-0.4, -0.2) is 4.98 Å². The van der Waals surface area contributed by atoms with Crippen LogP contribution in [0.5, 0.6) is 10.9 Å². The number of benzene rings is 1.